The first-order chi connectivity index (χ1) is 10.3. The first kappa shape index (κ1) is 13.8. The van der Waals surface area contributed by atoms with Crippen LogP contribution in [-0.2, 0) is 0 Å². The van der Waals surface area contributed by atoms with Crippen molar-refractivity contribution < 1.29 is 5.11 Å². The van der Waals surface area contributed by atoms with E-state index in [1.165, 1.54) is 5.39 Å². The fourth-order valence-electron chi connectivity index (χ4n) is 2.77. The van der Waals surface area contributed by atoms with E-state index in [4.69, 9.17) is 5.73 Å². The molecule has 3 aromatic rings. The largest absolute Gasteiger partial charge is 0.388 e. The molecular weight excluding hydrogens is 258 g/mol. The third-order valence-electron chi connectivity index (χ3n) is 3.98. The molecule has 0 amide bonds. The first-order valence-electron chi connectivity index (χ1n) is 7.21. The van der Waals surface area contributed by atoms with Crippen LogP contribution in [0.2, 0.25) is 0 Å². The van der Waals surface area contributed by atoms with Crippen molar-refractivity contribution in [2.45, 2.75) is 12.0 Å². The van der Waals surface area contributed by atoms with Crippen molar-refractivity contribution in [3.8, 4) is 0 Å². The van der Waals surface area contributed by atoms with Crippen LogP contribution in [0, 0.1) is 0 Å². The van der Waals surface area contributed by atoms with Crippen LogP contribution in [0.1, 0.15) is 23.1 Å². The van der Waals surface area contributed by atoms with E-state index in [1.807, 2.05) is 60.7 Å². The van der Waals surface area contributed by atoms with Gasteiger partial charge in [-0.2, -0.15) is 0 Å². The Morgan fingerprint density at radius 3 is 2.14 bits per heavy atom. The number of hydrogen-bond acceptors (Lipinski definition) is 2. The number of aliphatic hydroxyl groups excluding tert-OH is 1. The standard InChI is InChI=1S/C19H19NO/c20-13-18(15-7-2-1-3-8-15)19(21)17-11-10-14-6-4-5-9-16(14)12-17/h1-12,18-19,21H,13,20H2. The zero-order chi connectivity index (χ0) is 14.7. The molecule has 0 aliphatic rings. The van der Waals surface area contributed by atoms with Crippen LogP contribution in [0.25, 0.3) is 10.8 Å². The predicted molar refractivity (Wildman–Crippen MR) is 87.1 cm³/mol. The summed E-state index contributed by atoms with van der Waals surface area (Å²) in [7, 11) is 0. The summed E-state index contributed by atoms with van der Waals surface area (Å²) in [6.45, 7) is 0.415. The highest BCUT2D eigenvalue weighted by atomic mass is 16.3. The van der Waals surface area contributed by atoms with Gasteiger partial charge in [0, 0.05) is 12.5 Å². The summed E-state index contributed by atoms with van der Waals surface area (Å²) in [5.41, 5.74) is 7.88. The highest BCUT2D eigenvalue weighted by Gasteiger charge is 2.21. The molecule has 0 fully saturated rings. The van der Waals surface area contributed by atoms with Crippen LogP contribution >= 0.6 is 0 Å². The van der Waals surface area contributed by atoms with Gasteiger partial charge in [-0.15, -0.1) is 0 Å². The number of benzene rings is 3. The molecule has 2 heteroatoms. The predicted octanol–water partition coefficient (Wildman–Crippen LogP) is 3.62. The Hall–Kier alpha value is -2.16. The normalized spacial score (nSPS) is 14.0. The molecule has 0 radical (unpaired) electrons. The Morgan fingerprint density at radius 1 is 0.762 bits per heavy atom. The van der Waals surface area contributed by atoms with Gasteiger partial charge in [-0.3, -0.25) is 0 Å². The van der Waals surface area contributed by atoms with Gasteiger partial charge in [-0.25, -0.2) is 0 Å². The van der Waals surface area contributed by atoms with Crippen molar-refractivity contribution in [2.24, 2.45) is 5.73 Å². The number of nitrogens with two attached hydrogens (primary N) is 1. The van der Waals surface area contributed by atoms with Crippen molar-refractivity contribution >= 4 is 10.8 Å². The molecule has 0 spiro atoms. The van der Waals surface area contributed by atoms with Crippen LogP contribution < -0.4 is 5.73 Å². The van der Waals surface area contributed by atoms with E-state index in [2.05, 4.69) is 12.1 Å². The topological polar surface area (TPSA) is 46.2 Å². The second-order valence-corrected chi connectivity index (χ2v) is 5.30. The van der Waals surface area contributed by atoms with Gasteiger partial charge in [0.05, 0.1) is 6.10 Å². The Morgan fingerprint density at radius 2 is 1.43 bits per heavy atom. The summed E-state index contributed by atoms with van der Waals surface area (Å²) in [4.78, 5) is 0. The number of rotatable bonds is 4. The highest BCUT2D eigenvalue weighted by molar-refractivity contribution is 5.83. The SMILES string of the molecule is NCC(c1ccccc1)C(O)c1ccc2ccccc2c1. The molecule has 2 nitrogen and oxygen atoms in total. The maximum absolute atomic E-state index is 10.7. The Bertz CT molecular complexity index is 724. The molecule has 0 aliphatic carbocycles. The molecule has 0 saturated carbocycles. The first-order valence-corrected chi connectivity index (χ1v) is 7.21. The Labute approximate surface area is 124 Å². The van der Waals surface area contributed by atoms with Gasteiger partial charge in [0.2, 0.25) is 0 Å². The van der Waals surface area contributed by atoms with E-state index in [0.717, 1.165) is 16.5 Å². The lowest BCUT2D eigenvalue weighted by atomic mass is 9.88. The molecule has 0 aliphatic heterocycles. The smallest absolute Gasteiger partial charge is 0.0870 e. The molecule has 106 valence electrons. The van der Waals surface area contributed by atoms with E-state index >= 15 is 0 Å². The van der Waals surface area contributed by atoms with Gasteiger partial charge in [0.15, 0.2) is 0 Å². The monoisotopic (exact) mass is 277 g/mol. The molecule has 3 rings (SSSR count). The third kappa shape index (κ3) is 2.82. The molecule has 0 heterocycles. The van der Waals surface area contributed by atoms with Gasteiger partial charge < -0.3 is 10.8 Å². The highest BCUT2D eigenvalue weighted by Crippen LogP contribution is 2.31. The van der Waals surface area contributed by atoms with Crippen molar-refractivity contribution in [3.63, 3.8) is 0 Å². The molecular formula is C19H19NO. The molecule has 2 unspecified atom stereocenters. The number of hydrogen-bond donors (Lipinski definition) is 2. The molecule has 3 N–H and O–H groups in total. The molecule has 3 aromatic carbocycles. The van der Waals surface area contributed by atoms with Crippen LogP contribution in [0.3, 0.4) is 0 Å². The van der Waals surface area contributed by atoms with Crippen LogP contribution in [0.5, 0.6) is 0 Å². The minimum atomic E-state index is -0.595. The average Bonchev–Trinajstić information content (AvgIpc) is 2.56. The quantitative estimate of drug-likeness (QED) is 0.765. The zero-order valence-electron chi connectivity index (χ0n) is 11.8. The summed E-state index contributed by atoms with van der Waals surface area (Å²) >= 11 is 0. The number of fused-ring (bicyclic) bond motifs is 1. The fourth-order valence-corrected chi connectivity index (χ4v) is 2.77. The van der Waals surface area contributed by atoms with E-state index in [9.17, 15) is 5.11 Å². The van der Waals surface area contributed by atoms with Gasteiger partial charge in [-0.05, 0) is 28.0 Å². The van der Waals surface area contributed by atoms with E-state index in [1.54, 1.807) is 0 Å². The summed E-state index contributed by atoms with van der Waals surface area (Å²) in [6, 6.07) is 24.2. The third-order valence-corrected chi connectivity index (χ3v) is 3.98. The molecule has 0 aromatic heterocycles. The fraction of sp³-hybridized carbons (Fsp3) is 0.158. The lowest BCUT2D eigenvalue weighted by Crippen LogP contribution is -2.20. The summed E-state index contributed by atoms with van der Waals surface area (Å²) in [5, 5.41) is 13.0. The molecule has 21 heavy (non-hydrogen) atoms. The van der Waals surface area contributed by atoms with Crippen molar-refractivity contribution in [1.29, 1.82) is 0 Å². The lowest BCUT2D eigenvalue weighted by molar-refractivity contribution is 0.147. The summed E-state index contributed by atoms with van der Waals surface area (Å²) in [5.74, 6) is -0.0904. The second kappa shape index (κ2) is 6.08. The van der Waals surface area contributed by atoms with E-state index < -0.39 is 6.10 Å². The maximum Gasteiger partial charge on any atom is 0.0870 e. The summed E-state index contributed by atoms with van der Waals surface area (Å²) < 4.78 is 0. The van der Waals surface area contributed by atoms with Gasteiger partial charge in [0.25, 0.3) is 0 Å². The van der Waals surface area contributed by atoms with E-state index in [0.29, 0.717) is 6.54 Å². The maximum atomic E-state index is 10.7. The van der Waals surface area contributed by atoms with Gasteiger partial charge >= 0.3 is 0 Å². The van der Waals surface area contributed by atoms with Crippen LogP contribution in [0.4, 0.5) is 0 Å². The Kier molecular flexibility index (Phi) is 4.00. The molecule has 0 bridgehead atoms. The van der Waals surface area contributed by atoms with Gasteiger partial charge in [-0.1, -0.05) is 66.7 Å². The zero-order valence-corrected chi connectivity index (χ0v) is 11.8. The van der Waals surface area contributed by atoms with Crippen LogP contribution in [-0.4, -0.2) is 11.7 Å². The Balaban J connectivity index is 1.96. The molecule has 2 atom stereocenters. The number of aliphatic hydroxyl groups is 1. The molecule has 0 saturated heterocycles. The lowest BCUT2D eigenvalue weighted by Gasteiger charge is -2.22. The minimum absolute atomic E-state index is 0.0904. The van der Waals surface area contributed by atoms with Crippen molar-refractivity contribution in [3.05, 3.63) is 83.9 Å². The van der Waals surface area contributed by atoms with Crippen LogP contribution in [0.15, 0.2) is 72.8 Å². The van der Waals surface area contributed by atoms with Crippen molar-refractivity contribution in [1.82, 2.24) is 0 Å². The summed E-state index contributed by atoms with van der Waals surface area (Å²) in [6.07, 6.45) is -0.595. The second-order valence-electron chi connectivity index (χ2n) is 5.30. The average molecular weight is 277 g/mol. The van der Waals surface area contributed by atoms with Crippen molar-refractivity contribution in [2.75, 3.05) is 6.54 Å². The van der Waals surface area contributed by atoms with E-state index in [-0.39, 0.29) is 5.92 Å². The van der Waals surface area contributed by atoms with Gasteiger partial charge in [0.1, 0.15) is 0 Å². The minimum Gasteiger partial charge on any atom is -0.388 e.